The van der Waals surface area contributed by atoms with Crippen LogP contribution in [0.15, 0.2) is 24.3 Å². The molecule has 0 heterocycles. The Kier molecular flexibility index (Phi) is 3.71. The molecule has 2 aromatic carbocycles. The molecule has 1 unspecified atom stereocenters. The molecule has 106 valence electrons. The number of halogens is 6. The molecule has 0 bridgehead atoms. The highest BCUT2D eigenvalue weighted by atomic mass is 19.2. The van der Waals surface area contributed by atoms with Crippen LogP contribution in [0.2, 0.25) is 0 Å². The van der Waals surface area contributed by atoms with E-state index in [9.17, 15) is 31.4 Å². The lowest BCUT2D eigenvalue weighted by Gasteiger charge is -2.14. The zero-order valence-electron chi connectivity index (χ0n) is 9.60. The van der Waals surface area contributed by atoms with Gasteiger partial charge in [-0.25, -0.2) is 26.3 Å². The molecular formula is C13H6F6O. The van der Waals surface area contributed by atoms with E-state index in [2.05, 4.69) is 0 Å². The molecule has 1 nitrogen and oxygen atoms in total. The molecule has 0 fully saturated rings. The van der Waals surface area contributed by atoms with Crippen LogP contribution in [0.5, 0.6) is 0 Å². The Bertz CT molecular complexity index is 668. The highest BCUT2D eigenvalue weighted by Crippen LogP contribution is 2.29. The molecule has 0 saturated heterocycles. The monoisotopic (exact) mass is 292 g/mol. The minimum absolute atomic E-state index is 0.158. The molecule has 0 aliphatic heterocycles. The van der Waals surface area contributed by atoms with Gasteiger partial charge in [-0.05, 0) is 12.1 Å². The van der Waals surface area contributed by atoms with Gasteiger partial charge in [-0.1, -0.05) is 6.07 Å². The third kappa shape index (κ3) is 2.36. The number of rotatable bonds is 2. The van der Waals surface area contributed by atoms with E-state index in [0.29, 0.717) is 18.2 Å². The van der Waals surface area contributed by atoms with Gasteiger partial charge >= 0.3 is 0 Å². The number of hydrogen-bond donors (Lipinski definition) is 1. The zero-order chi connectivity index (χ0) is 15.0. The summed E-state index contributed by atoms with van der Waals surface area (Å²) in [4.78, 5) is 0. The largest absolute Gasteiger partial charge is 0.383 e. The van der Waals surface area contributed by atoms with Gasteiger partial charge < -0.3 is 5.11 Å². The van der Waals surface area contributed by atoms with Crippen LogP contribution < -0.4 is 0 Å². The molecule has 2 rings (SSSR count). The molecular weight excluding hydrogens is 286 g/mol. The molecule has 0 aromatic heterocycles. The van der Waals surface area contributed by atoms with Crippen molar-refractivity contribution in [3.8, 4) is 0 Å². The summed E-state index contributed by atoms with van der Waals surface area (Å²) in [6.45, 7) is 0. The van der Waals surface area contributed by atoms with Gasteiger partial charge in [0.25, 0.3) is 0 Å². The molecule has 0 aliphatic rings. The van der Waals surface area contributed by atoms with E-state index in [4.69, 9.17) is 0 Å². The normalized spacial score (nSPS) is 12.6. The lowest BCUT2D eigenvalue weighted by atomic mass is 10.00. The van der Waals surface area contributed by atoms with Crippen molar-refractivity contribution >= 4 is 0 Å². The van der Waals surface area contributed by atoms with E-state index in [1.807, 2.05) is 0 Å². The van der Waals surface area contributed by atoms with Gasteiger partial charge in [0, 0.05) is 17.2 Å². The Morgan fingerprint density at radius 2 is 1.25 bits per heavy atom. The van der Waals surface area contributed by atoms with Crippen LogP contribution in [0.1, 0.15) is 17.2 Å². The fourth-order valence-electron chi connectivity index (χ4n) is 1.67. The molecule has 1 N–H and O–H groups in total. The Morgan fingerprint density at radius 1 is 0.650 bits per heavy atom. The van der Waals surface area contributed by atoms with Crippen molar-refractivity contribution < 1.29 is 31.4 Å². The van der Waals surface area contributed by atoms with Crippen molar-refractivity contribution in [3.05, 3.63) is 70.3 Å². The molecule has 7 heteroatoms. The molecule has 0 saturated carbocycles. The zero-order valence-corrected chi connectivity index (χ0v) is 9.60. The Morgan fingerprint density at radius 3 is 1.90 bits per heavy atom. The average Bonchev–Trinajstić information content (AvgIpc) is 2.40. The molecule has 0 radical (unpaired) electrons. The topological polar surface area (TPSA) is 20.2 Å². The molecule has 0 aliphatic carbocycles. The van der Waals surface area contributed by atoms with Crippen LogP contribution in [0.3, 0.4) is 0 Å². The first-order valence-electron chi connectivity index (χ1n) is 5.28. The average molecular weight is 292 g/mol. The van der Waals surface area contributed by atoms with Gasteiger partial charge in [0.05, 0.1) is 0 Å². The first-order valence-corrected chi connectivity index (χ1v) is 5.28. The van der Waals surface area contributed by atoms with Gasteiger partial charge in [-0.15, -0.1) is 0 Å². The fourth-order valence-corrected chi connectivity index (χ4v) is 1.67. The van der Waals surface area contributed by atoms with E-state index in [1.165, 1.54) is 0 Å². The minimum atomic E-state index is -2.11. The Hall–Kier alpha value is -2.02. The van der Waals surface area contributed by atoms with E-state index >= 15 is 0 Å². The van der Waals surface area contributed by atoms with Crippen molar-refractivity contribution in [2.45, 2.75) is 6.10 Å². The number of aliphatic hydroxyl groups is 1. The second-order valence-corrected chi connectivity index (χ2v) is 3.95. The smallest absolute Gasteiger partial charge is 0.194 e. The maximum atomic E-state index is 13.4. The number of benzene rings is 2. The second-order valence-electron chi connectivity index (χ2n) is 3.95. The van der Waals surface area contributed by atoms with Crippen LogP contribution in [-0.4, -0.2) is 5.11 Å². The van der Waals surface area contributed by atoms with E-state index in [0.717, 1.165) is 0 Å². The lowest BCUT2D eigenvalue weighted by Crippen LogP contribution is -2.08. The van der Waals surface area contributed by atoms with Gasteiger partial charge in [0.15, 0.2) is 29.1 Å². The highest BCUT2D eigenvalue weighted by Gasteiger charge is 2.24. The minimum Gasteiger partial charge on any atom is -0.383 e. The maximum absolute atomic E-state index is 13.4. The SMILES string of the molecule is OC(c1cc(F)c(F)cc1F)c1ccc(F)c(F)c1F. The van der Waals surface area contributed by atoms with Crippen molar-refractivity contribution in [2.75, 3.05) is 0 Å². The van der Waals surface area contributed by atoms with E-state index < -0.39 is 52.1 Å². The molecule has 2 aromatic rings. The standard InChI is InChI=1S/C13H6F6O/c14-7-2-1-5(11(18)12(7)19)13(20)6-3-9(16)10(17)4-8(6)15/h1-4,13,20H. The Labute approximate surface area is 109 Å². The van der Waals surface area contributed by atoms with Crippen molar-refractivity contribution in [2.24, 2.45) is 0 Å². The predicted molar refractivity (Wildman–Crippen MR) is 56.7 cm³/mol. The third-order valence-corrected chi connectivity index (χ3v) is 2.69. The molecule has 0 spiro atoms. The maximum Gasteiger partial charge on any atom is 0.194 e. The summed E-state index contributed by atoms with van der Waals surface area (Å²) in [5.41, 5.74) is -1.59. The number of aliphatic hydroxyl groups excluding tert-OH is 1. The van der Waals surface area contributed by atoms with E-state index in [1.54, 1.807) is 0 Å². The van der Waals surface area contributed by atoms with Crippen molar-refractivity contribution in [3.63, 3.8) is 0 Å². The summed E-state index contributed by atoms with van der Waals surface area (Å²) >= 11 is 0. The van der Waals surface area contributed by atoms with Crippen LogP contribution in [0.4, 0.5) is 26.3 Å². The number of hydrogen-bond acceptors (Lipinski definition) is 1. The second kappa shape index (κ2) is 5.16. The fraction of sp³-hybridized carbons (Fsp3) is 0.0769. The lowest BCUT2D eigenvalue weighted by molar-refractivity contribution is 0.206. The summed E-state index contributed by atoms with van der Waals surface area (Å²) in [6.07, 6.45) is -2.11. The summed E-state index contributed by atoms with van der Waals surface area (Å²) in [7, 11) is 0. The first kappa shape index (κ1) is 14.4. The quantitative estimate of drug-likeness (QED) is 0.509. The van der Waals surface area contributed by atoms with Crippen LogP contribution in [0.25, 0.3) is 0 Å². The van der Waals surface area contributed by atoms with Gasteiger partial charge in [0.2, 0.25) is 0 Å². The van der Waals surface area contributed by atoms with Gasteiger partial charge in [-0.2, -0.15) is 0 Å². The summed E-state index contributed by atoms with van der Waals surface area (Å²) < 4.78 is 78.4. The van der Waals surface area contributed by atoms with E-state index in [-0.39, 0.29) is 6.07 Å². The van der Waals surface area contributed by atoms with Crippen molar-refractivity contribution in [1.82, 2.24) is 0 Å². The van der Waals surface area contributed by atoms with Crippen LogP contribution in [0, 0.1) is 34.9 Å². The summed E-state index contributed by atoms with van der Waals surface area (Å²) in [5, 5.41) is 9.73. The van der Waals surface area contributed by atoms with Gasteiger partial charge in [-0.3, -0.25) is 0 Å². The van der Waals surface area contributed by atoms with Crippen LogP contribution >= 0.6 is 0 Å². The molecule has 0 amide bonds. The third-order valence-electron chi connectivity index (χ3n) is 2.69. The van der Waals surface area contributed by atoms with Crippen molar-refractivity contribution in [1.29, 1.82) is 0 Å². The Balaban J connectivity index is 2.55. The predicted octanol–water partition coefficient (Wildman–Crippen LogP) is 3.60. The summed E-state index contributed by atoms with van der Waals surface area (Å²) in [5.74, 6) is -9.40. The molecule has 20 heavy (non-hydrogen) atoms. The highest BCUT2D eigenvalue weighted by molar-refractivity contribution is 5.33. The summed E-state index contributed by atoms with van der Waals surface area (Å²) in [6, 6.07) is 1.68. The van der Waals surface area contributed by atoms with Crippen LogP contribution in [-0.2, 0) is 0 Å². The van der Waals surface area contributed by atoms with Gasteiger partial charge in [0.1, 0.15) is 11.9 Å². The molecule has 1 atom stereocenters. The first-order chi connectivity index (χ1) is 9.32.